The van der Waals surface area contributed by atoms with Crippen LogP contribution in [0.15, 0.2) is 62.5 Å². The molecule has 180 valence electrons. The molecule has 1 aliphatic rings. The molecule has 1 saturated heterocycles. The number of halogens is 3. The van der Waals surface area contributed by atoms with E-state index in [1.54, 1.807) is 40.9 Å². The van der Waals surface area contributed by atoms with Gasteiger partial charge in [-0.3, -0.25) is 9.59 Å². The fraction of sp³-hybridized carbons (Fsp3) is 0.250. The first-order valence-corrected chi connectivity index (χ1v) is 12.0. The van der Waals surface area contributed by atoms with Crippen LogP contribution in [0.25, 0.3) is 11.5 Å². The largest absolute Gasteiger partial charge is 0.415 e. The van der Waals surface area contributed by atoms with Gasteiger partial charge in [0.2, 0.25) is 5.89 Å². The predicted octanol–water partition coefficient (Wildman–Crippen LogP) is 4.30. The molecule has 0 N–H and O–H groups in total. The summed E-state index contributed by atoms with van der Waals surface area (Å²) >= 11 is 1.78. The monoisotopic (exact) mass is 500 g/mol. The Hall–Kier alpha value is -3.60. The summed E-state index contributed by atoms with van der Waals surface area (Å²) in [6, 6.07) is 13.0. The molecule has 11 heteroatoms. The van der Waals surface area contributed by atoms with Gasteiger partial charge in [0, 0.05) is 41.4 Å². The van der Waals surface area contributed by atoms with Gasteiger partial charge in [-0.1, -0.05) is 24.3 Å². The fourth-order valence-electron chi connectivity index (χ4n) is 4.02. The third-order valence-electron chi connectivity index (χ3n) is 5.78. The first-order valence-electron chi connectivity index (χ1n) is 10.8. The van der Waals surface area contributed by atoms with E-state index >= 15 is 4.39 Å². The maximum atomic E-state index is 15.1. The van der Waals surface area contributed by atoms with Crippen LogP contribution in [0.3, 0.4) is 0 Å². The first-order chi connectivity index (χ1) is 16.9. The van der Waals surface area contributed by atoms with Crippen LogP contribution in [0.2, 0.25) is 0 Å². The van der Waals surface area contributed by atoms with E-state index in [2.05, 4.69) is 10.2 Å². The molecule has 5 rings (SSSR count). The van der Waals surface area contributed by atoms with Crippen LogP contribution in [-0.4, -0.2) is 34.8 Å². The van der Waals surface area contributed by atoms with Crippen molar-refractivity contribution in [1.82, 2.24) is 10.2 Å². The minimum Gasteiger partial charge on any atom is -0.415 e. The average Bonchev–Trinajstić information content (AvgIpc) is 3.38. The van der Waals surface area contributed by atoms with E-state index in [1.165, 1.54) is 12.1 Å². The highest BCUT2D eigenvalue weighted by Crippen LogP contribution is 2.34. The molecular weight excluding hydrogens is 481 g/mol. The van der Waals surface area contributed by atoms with E-state index < -0.39 is 29.0 Å². The molecule has 7 nitrogen and oxygen atoms in total. The third-order valence-corrected chi connectivity index (χ3v) is 6.72. The predicted molar refractivity (Wildman–Crippen MR) is 128 cm³/mol. The van der Waals surface area contributed by atoms with E-state index in [1.807, 2.05) is 11.0 Å². The molecule has 2 heterocycles. The Balaban J connectivity index is 1.50. The van der Waals surface area contributed by atoms with Gasteiger partial charge in [0.25, 0.3) is 16.7 Å². The number of hydrogen-bond donors (Lipinski definition) is 0. The molecule has 1 aliphatic heterocycles. The SMILES string of the molecule is O=c1c(N2CCSCC2)c(N(Cc2ccc(-c3nnc(C(F)F)o3)cc2F)c2ccccc2)c1=O. The number of rotatable bonds is 7. The molecule has 0 amide bonds. The zero-order valence-corrected chi connectivity index (χ0v) is 19.1. The Morgan fingerprint density at radius 2 is 1.77 bits per heavy atom. The minimum atomic E-state index is -2.93. The van der Waals surface area contributed by atoms with E-state index in [-0.39, 0.29) is 29.2 Å². The van der Waals surface area contributed by atoms with Crippen LogP contribution in [-0.2, 0) is 6.54 Å². The summed E-state index contributed by atoms with van der Waals surface area (Å²) < 4.78 is 45.5. The van der Waals surface area contributed by atoms with Crippen LogP contribution in [0.5, 0.6) is 0 Å². The molecule has 0 aliphatic carbocycles. The molecule has 35 heavy (non-hydrogen) atoms. The number of para-hydroxylation sites is 1. The summed E-state index contributed by atoms with van der Waals surface area (Å²) in [6.07, 6.45) is -2.93. The standard InChI is InChI=1S/C24H19F3N4O3S/c25-17-12-14(23-28-29-24(34-23)22(26)27)6-7-15(17)13-31(16-4-2-1-3-5-16)19-18(20(32)21(19)33)30-8-10-35-11-9-30/h1-7,12,22H,8-11,13H2. The van der Waals surface area contributed by atoms with Crippen molar-refractivity contribution in [3.05, 3.63) is 86.2 Å². The van der Waals surface area contributed by atoms with Gasteiger partial charge < -0.3 is 14.2 Å². The van der Waals surface area contributed by atoms with Crippen LogP contribution >= 0.6 is 11.8 Å². The summed E-state index contributed by atoms with van der Waals surface area (Å²) in [5, 5.41) is 6.81. The molecule has 4 aromatic rings. The normalized spacial score (nSPS) is 14.1. The number of nitrogens with zero attached hydrogens (tertiary/aromatic N) is 4. The number of hydrogen-bond acceptors (Lipinski definition) is 8. The van der Waals surface area contributed by atoms with E-state index in [4.69, 9.17) is 4.42 Å². The molecule has 1 fully saturated rings. The number of anilines is 3. The summed E-state index contributed by atoms with van der Waals surface area (Å²) in [6.45, 7) is 1.28. The number of alkyl halides is 2. The number of benzene rings is 2. The van der Waals surface area contributed by atoms with Gasteiger partial charge in [0.05, 0.1) is 6.54 Å². The first kappa shape index (κ1) is 23.2. The van der Waals surface area contributed by atoms with Crippen LogP contribution in [0, 0.1) is 5.82 Å². The fourth-order valence-corrected chi connectivity index (χ4v) is 4.93. The Morgan fingerprint density at radius 1 is 1.03 bits per heavy atom. The van der Waals surface area contributed by atoms with Crippen LogP contribution in [0.1, 0.15) is 17.9 Å². The Morgan fingerprint density at radius 3 is 2.43 bits per heavy atom. The van der Waals surface area contributed by atoms with Crippen molar-refractivity contribution in [3.8, 4) is 11.5 Å². The summed E-state index contributed by atoms with van der Waals surface area (Å²) in [5.74, 6) is -0.0117. The molecule has 3 aromatic carbocycles. The average molecular weight is 501 g/mol. The van der Waals surface area contributed by atoms with Gasteiger partial charge in [-0.2, -0.15) is 20.5 Å². The molecule has 0 radical (unpaired) electrons. The van der Waals surface area contributed by atoms with Crippen LogP contribution < -0.4 is 20.7 Å². The Labute approximate surface area is 201 Å². The van der Waals surface area contributed by atoms with E-state index in [0.29, 0.717) is 24.5 Å². The highest BCUT2D eigenvalue weighted by molar-refractivity contribution is 7.99. The van der Waals surface area contributed by atoms with Gasteiger partial charge in [0.15, 0.2) is 0 Å². The molecular formula is C24H19F3N4O3S. The number of aromatic nitrogens is 2. The quantitative estimate of drug-likeness (QED) is 0.348. The van der Waals surface area contributed by atoms with Crippen molar-refractivity contribution in [2.24, 2.45) is 0 Å². The second-order valence-electron chi connectivity index (χ2n) is 7.93. The van der Waals surface area contributed by atoms with E-state index in [9.17, 15) is 18.4 Å². The van der Waals surface area contributed by atoms with Crippen molar-refractivity contribution in [2.75, 3.05) is 34.4 Å². The van der Waals surface area contributed by atoms with Gasteiger partial charge in [-0.25, -0.2) is 4.39 Å². The second kappa shape index (κ2) is 9.57. The third kappa shape index (κ3) is 4.43. The lowest BCUT2D eigenvalue weighted by atomic mass is 10.1. The summed E-state index contributed by atoms with van der Waals surface area (Å²) in [5.41, 5.74) is 0.488. The lowest BCUT2D eigenvalue weighted by molar-refractivity contribution is 0.116. The summed E-state index contributed by atoms with van der Waals surface area (Å²) in [4.78, 5) is 28.8. The smallest absolute Gasteiger partial charge is 0.314 e. The Kier molecular flexibility index (Phi) is 6.33. The maximum Gasteiger partial charge on any atom is 0.314 e. The number of thioether (sulfide) groups is 1. The topological polar surface area (TPSA) is 79.5 Å². The van der Waals surface area contributed by atoms with Gasteiger partial charge in [-0.15, -0.1) is 10.2 Å². The van der Waals surface area contributed by atoms with E-state index in [0.717, 1.165) is 17.6 Å². The minimum absolute atomic E-state index is 0.0251. The summed E-state index contributed by atoms with van der Waals surface area (Å²) in [7, 11) is 0. The molecule has 0 spiro atoms. The molecule has 0 saturated carbocycles. The molecule has 0 atom stereocenters. The van der Waals surface area contributed by atoms with Crippen molar-refractivity contribution < 1.29 is 17.6 Å². The van der Waals surface area contributed by atoms with Crippen molar-refractivity contribution in [1.29, 1.82) is 0 Å². The lowest BCUT2D eigenvalue weighted by Crippen LogP contribution is -2.47. The Bertz CT molecular complexity index is 1410. The van der Waals surface area contributed by atoms with Crippen molar-refractivity contribution >= 4 is 28.8 Å². The van der Waals surface area contributed by atoms with Gasteiger partial charge in [-0.05, 0) is 24.3 Å². The van der Waals surface area contributed by atoms with Crippen molar-refractivity contribution in [2.45, 2.75) is 13.0 Å². The molecule has 0 unspecified atom stereocenters. The van der Waals surface area contributed by atoms with Gasteiger partial charge in [0.1, 0.15) is 17.2 Å². The van der Waals surface area contributed by atoms with Crippen LogP contribution in [0.4, 0.5) is 30.2 Å². The highest BCUT2D eigenvalue weighted by atomic mass is 32.2. The maximum absolute atomic E-state index is 15.1. The molecule has 1 aromatic heterocycles. The van der Waals surface area contributed by atoms with Gasteiger partial charge >= 0.3 is 6.43 Å². The highest BCUT2D eigenvalue weighted by Gasteiger charge is 2.32. The van der Waals surface area contributed by atoms with Crippen molar-refractivity contribution in [3.63, 3.8) is 0 Å². The lowest BCUT2D eigenvalue weighted by Gasteiger charge is -2.34. The zero-order chi connectivity index (χ0) is 24.5. The zero-order valence-electron chi connectivity index (χ0n) is 18.3. The molecule has 0 bridgehead atoms. The second-order valence-corrected chi connectivity index (χ2v) is 9.15.